The Hall–Kier alpha value is -2.29. The molecule has 0 saturated carbocycles. The molecule has 0 aliphatic carbocycles. The molecule has 2 N–H and O–H groups in total. The Morgan fingerprint density at radius 2 is 1.74 bits per heavy atom. The van der Waals surface area contributed by atoms with Crippen LogP contribution in [0.5, 0.6) is 11.5 Å². The predicted molar refractivity (Wildman–Crippen MR) is 104 cm³/mol. The lowest BCUT2D eigenvalue weighted by Crippen LogP contribution is -2.41. The SMILES string of the molecule is COc1ccc(S(=O)(=O)N[C@@H](C)C(=O)Nc2cc(Cl)ccc2C)cc1OC. The number of benzene rings is 2. The number of carbonyl (C=O) groups excluding carboxylic acids is 1. The molecule has 7 nitrogen and oxygen atoms in total. The first-order valence-electron chi connectivity index (χ1n) is 7.99. The smallest absolute Gasteiger partial charge is 0.242 e. The van der Waals surface area contributed by atoms with E-state index in [-0.39, 0.29) is 10.6 Å². The van der Waals surface area contributed by atoms with Crippen molar-refractivity contribution in [1.29, 1.82) is 0 Å². The highest BCUT2D eigenvalue weighted by Gasteiger charge is 2.23. The zero-order valence-electron chi connectivity index (χ0n) is 15.4. The highest BCUT2D eigenvalue weighted by atomic mass is 35.5. The predicted octanol–water partition coefficient (Wildman–Crippen LogP) is 2.97. The van der Waals surface area contributed by atoms with E-state index in [4.69, 9.17) is 21.1 Å². The van der Waals surface area contributed by atoms with E-state index in [0.29, 0.717) is 16.5 Å². The number of rotatable bonds is 7. The van der Waals surface area contributed by atoms with Crippen LogP contribution < -0.4 is 19.5 Å². The first kappa shape index (κ1) is 21.0. The van der Waals surface area contributed by atoms with Gasteiger partial charge in [0.15, 0.2) is 11.5 Å². The zero-order valence-corrected chi connectivity index (χ0v) is 16.9. The molecule has 2 aromatic rings. The van der Waals surface area contributed by atoms with E-state index in [2.05, 4.69) is 10.0 Å². The standard InChI is InChI=1S/C18H21ClN2O5S/c1-11-5-6-13(19)9-15(11)20-18(22)12(2)21-27(23,24)14-7-8-16(25-3)17(10-14)26-4/h5-10,12,21H,1-4H3,(H,20,22)/t12-/m0/s1. The fourth-order valence-electron chi connectivity index (χ4n) is 2.31. The summed E-state index contributed by atoms with van der Waals surface area (Å²) in [7, 11) is -1.08. The number of hydrogen-bond donors (Lipinski definition) is 2. The largest absolute Gasteiger partial charge is 0.493 e. The van der Waals surface area contributed by atoms with Gasteiger partial charge in [0, 0.05) is 16.8 Å². The Labute approximate surface area is 163 Å². The molecule has 0 fully saturated rings. The molecule has 0 spiro atoms. The zero-order chi connectivity index (χ0) is 20.2. The molecule has 1 atom stereocenters. The van der Waals surface area contributed by atoms with Gasteiger partial charge in [-0.3, -0.25) is 4.79 Å². The van der Waals surface area contributed by atoms with Crippen LogP contribution in [0.4, 0.5) is 5.69 Å². The van der Waals surface area contributed by atoms with Gasteiger partial charge in [0.1, 0.15) is 0 Å². The molecule has 1 amide bonds. The molecule has 9 heteroatoms. The van der Waals surface area contributed by atoms with Crippen LogP contribution in [0.1, 0.15) is 12.5 Å². The van der Waals surface area contributed by atoms with E-state index in [1.807, 2.05) is 6.92 Å². The Morgan fingerprint density at radius 1 is 1.07 bits per heavy atom. The molecule has 0 saturated heterocycles. The van der Waals surface area contributed by atoms with Crippen molar-refractivity contribution in [2.75, 3.05) is 19.5 Å². The lowest BCUT2D eigenvalue weighted by Gasteiger charge is -2.16. The third-order valence-electron chi connectivity index (χ3n) is 3.85. The number of anilines is 1. The summed E-state index contributed by atoms with van der Waals surface area (Å²) in [6.07, 6.45) is 0. The minimum Gasteiger partial charge on any atom is -0.493 e. The second kappa shape index (κ2) is 8.60. The van der Waals surface area contributed by atoms with Gasteiger partial charge in [-0.1, -0.05) is 17.7 Å². The quantitative estimate of drug-likeness (QED) is 0.729. The molecule has 2 aromatic carbocycles. The maximum Gasteiger partial charge on any atom is 0.242 e. The van der Waals surface area contributed by atoms with Crippen LogP contribution in [-0.4, -0.2) is 34.6 Å². The number of ether oxygens (including phenoxy) is 2. The maximum atomic E-state index is 12.6. The Morgan fingerprint density at radius 3 is 2.37 bits per heavy atom. The van der Waals surface area contributed by atoms with Gasteiger partial charge >= 0.3 is 0 Å². The molecule has 27 heavy (non-hydrogen) atoms. The highest BCUT2D eigenvalue weighted by molar-refractivity contribution is 7.89. The summed E-state index contributed by atoms with van der Waals surface area (Å²) < 4.78 is 37.7. The summed E-state index contributed by atoms with van der Waals surface area (Å²) in [5.41, 5.74) is 1.33. The number of carbonyl (C=O) groups is 1. The van der Waals surface area contributed by atoms with Crippen molar-refractivity contribution in [2.45, 2.75) is 24.8 Å². The third kappa shape index (κ3) is 5.12. The summed E-state index contributed by atoms with van der Waals surface area (Å²) in [6, 6.07) is 8.23. The molecule has 0 heterocycles. The van der Waals surface area contributed by atoms with Gasteiger partial charge in [0.05, 0.1) is 25.2 Å². The van der Waals surface area contributed by atoms with Crippen LogP contribution in [0, 0.1) is 6.92 Å². The van der Waals surface area contributed by atoms with Gasteiger partial charge in [0.25, 0.3) is 0 Å². The second-order valence-electron chi connectivity index (χ2n) is 5.81. The van der Waals surface area contributed by atoms with Crippen molar-refractivity contribution in [3.8, 4) is 11.5 Å². The molecule has 0 radical (unpaired) electrons. The van der Waals surface area contributed by atoms with Crippen LogP contribution in [0.25, 0.3) is 0 Å². The van der Waals surface area contributed by atoms with Crippen molar-refractivity contribution in [3.05, 3.63) is 47.0 Å². The fourth-order valence-corrected chi connectivity index (χ4v) is 3.70. The van der Waals surface area contributed by atoms with Crippen molar-refractivity contribution >= 4 is 33.2 Å². The average molecular weight is 413 g/mol. The van der Waals surface area contributed by atoms with Crippen LogP contribution in [0.2, 0.25) is 5.02 Å². The van der Waals surface area contributed by atoms with E-state index in [1.165, 1.54) is 39.3 Å². The maximum absolute atomic E-state index is 12.6. The van der Waals surface area contributed by atoms with Crippen molar-refractivity contribution in [2.24, 2.45) is 0 Å². The highest BCUT2D eigenvalue weighted by Crippen LogP contribution is 2.29. The van der Waals surface area contributed by atoms with E-state index in [0.717, 1.165) is 5.56 Å². The Bertz CT molecular complexity index is 947. The first-order valence-corrected chi connectivity index (χ1v) is 9.85. The molecule has 0 aromatic heterocycles. The minimum absolute atomic E-state index is 0.0428. The lowest BCUT2D eigenvalue weighted by molar-refractivity contribution is -0.117. The molecular weight excluding hydrogens is 392 g/mol. The van der Waals surface area contributed by atoms with E-state index < -0.39 is 22.0 Å². The van der Waals surface area contributed by atoms with Crippen LogP contribution >= 0.6 is 11.6 Å². The van der Waals surface area contributed by atoms with Crippen LogP contribution in [-0.2, 0) is 14.8 Å². The normalized spacial score (nSPS) is 12.3. The van der Waals surface area contributed by atoms with Gasteiger partial charge in [0.2, 0.25) is 15.9 Å². The first-order chi connectivity index (χ1) is 12.7. The monoisotopic (exact) mass is 412 g/mol. The van der Waals surface area contributed by atoms with Gasteiger partial charge in [-0.15, -0.1) is 0 Å². The average Bonchev–Trinajstić information content (AvgIpc) is 2.63. The third-order valence-corrected chi connectivity index (χ3v) is 5.62. The lowest BCUT2D eigenvalue weighted by atomic mass is 10.2. The summed E-state index contributed by atoms with van der Waals surface area (Å²) in [4.78, 5) is 12.3. The van der Waals surface area contributed by atoms with E-state index in [1.54, 1.807) is 18.2 Å². The number of halogens is 1. The summed E-state index contributed by atoms with van der Waals surface area (Å²) in [5, 5.41) is 3.14. The Balaban J connectivity index is 2.17. The molecule has 0 unspecified atom stereocenters. The van der Waals surface area contributed by atoms with E-state index >= 15 is 0 Å². The summed E-state index contributed by atoms with van der Waals surface area (Å²) >= 11 is 5.93. The van der Waals surface area contributed by atoms with Gasteiger partial charge in [-0.25, -0.2) is 8.42 Å². The summed E-state index contributed by atoms with van der Waals surface area (Å²) in [5.74, 6) is 0.162. The molecular formula is C18H21ClN2O5S. The van der Waals surface area contributed by atoms with Crippen molar-refractivity contribution in [1.82, 2.24) is 4.72 Å². The van der Waals surface area contributed by atoms with Gasteiger partial charge in [-0.2, -0.15) is 4.72 Å². The number of methoxy groups -OCH3 is 2. The van der Waals surface area contributed by atoms with Crippen molar-refractivity contribution in [3.63, 3.8) is 0 Å². The number of sulfonamides is 1. The Kier molecular flexibility index (Phi) is 6.69. The van der Waals surface area contributed by atoms with Gasteiger partial charge in [-0.05, 0) is 43.7 Å². The van der Waals surface area contributed by atoms with Crippen LogP contribution in [0.15, 0.2) is 41.3 Å². The summed E-state index contributed by atoms with van der Waals surface area (Å²) in [6.45, 7) is 3.26. The molecule has 0 aliphatic rings. The molecule has 146 valence electrons. The minimum atomic E-state index is -3.95. The molecule has 0 aliphatic heterocycles. The fraction of sp³-hybridized carbons (Fsp3) is 0.278. The van der Waals surface area contributed by atoms with Crippen molar-refractivity contribution < 1.29 is 22.7 Å². The van der Waals surface area contributed by atoms with Crippen LogP contribution in [0.3, 0.4) is 0 Å². The van der Waals surface area contributed by atoms with E-state index in [9.17, 15) is 13.2 Å². The second-order valence-corrected chi connectivity index (χ2v) is 7.96. The molecule has 2 rings (SSSR count). The topological polar surface area (TPSA) is 93.7 Å². The number of aryl methyl sites for hydroxylation is 1. The molecule has 0 bridgehead atoms. The number of nitrogens with one attached hydrogen (secondary N) is 2. The van der Waals surface area contributed by atoms with Gasteiger partial charge < -0.3 is 14.8 Å². The number of hydrogen-bond acceptors (Lipinski definition) is 5. The number of amides is 1.